The summed E-state index contributed by atoms with van der Waals surface area (Å²) in [7, 11) is 0. The highest BCUT2D eigenvalue weighted by atomic mass is 32.1. The van der Waals surface area contributed by atoms with Crippen LogP contribution >= 0.6 is 22.7 Å². The third kappa shape index (κ3) is 2.51. The summed E-state index contributed by atoms with van der Waals surface area (Å²) in [5, 5.41) is 4.91. The lowest BCUT2D eigenvalue weighted by Gasteiger charge is -2.10. The molecule has 4 heteroatoms. The summed E-state index contributed by atoms with van der Waals surface area (Å²) in [5.74, 6) is 0.00792. The Morgan fingerprint density at radius 2 is 2.19 bits per heavy atom. The first-order valence-corrected chi connectivity index (χ1v) is 6.77. The van der Waals surface area contributed by atoms with Crippen LogP contribution in [0.4, 0.5) is 0 Å². The predicted molar refractivity (Wildman–Crippen MR) is 69.3 cm³/mol. The number of rotatable bonds is 3. The number of carbonyl (C=O) groups excluding carboxylic acids is 1. The van der Waals surface area contributed by atoms with Gasteiger partial charge in [0.25, 0.3) is 5.91 Å². The number of amides is 1. The SMILES string of the molecule is Cc1ccc(C(C)NC(=O)c2cccs2)s1. The highest BCUT2D eigenvalue weighted by Crippen LogP contribution is 2.22. The zero-order chi connectivity index (χ0) is 11.5. The second-order valence-corrected chi connectivity index (χ2v) is 5.89. The lowest BCUT2D eigenvalue weighted by molar-refractivity contribution is 0.0944. The minimum absolute atomic E-state index is 0.00792. The molecule has 1 amide bonds. The summed E-state index contributed by atoms with van der Waals surface area (Å²) < 4.78 is 0. The van der Waals surface area contributed by atoms with E-state index in [1.807, 2.05) is 24.4 Å². The molecule has 0 saturated carbocycles. The Balaban J connectivity index is 2.03. The van der Waals surface area contributed by atoms with E-state index in [0.717, 1.165) is 4.88 Å². The normalized spacial score (nSPS) is 12.4. The summed E-state index contributed by atoms with van der Waals surface area (Å²) >= 11 is 3.19. The van der Waals surface area contributed by atoms with Gasteiger partial charge in [-0.05, 0) is 37.4 Å². The van der Waals surface area contributed by atoms with E-state index in [1.54, 1.807) is 11.3 Å². The number of thiophene rings is 2. The van der Waals surface area contributed by atoms with Crippen molar-refractivity contribution in [3.05, 3.63) is 44.3 Å². The molecule has 0 aromatic carbocycles. The molecule has 0 aliphatic carbocycles. The largest absolute Gasteiger partial charge is 0.344 e. The molecule has 0 aliphatic rings. The van der Waals surface area contributed by atoms with Crippen molar-refractivity contribution in [2.45, 2.75) is 19.9 Å². The van der Waals surface area contributed by atoms with Crippen molar-refractivity contribution in [1.29, 1.82) is 0 Å². The Morgan fingerprint density at radius 3 is 2.75 bits per heavy atom. The van der Waals surface area contributed by atoms with Crippen molar-refractivity contribution >= 4 is 28.6 Å². The highest BCUT2D eigenvalue weighted by molar-refractivity contribution is 7.12. The van der Waals surface area contributed by atoms with Crippen molar-refractivity contribution in [3.8, 4) is 0 Å². The average Bonchev–Trinajstić information content (AvgIpc) is 2.87. The van der Waals surface area contributed by atoms with Crippen LogP contribution in [0.3, 0.4) is 0 Å². The molecule has 16 heavy (non-hydrogen) atoms. The highest BCUT2D eigenvalue weighted by Gasteiger charge is 2.12. The first kappa shape index (κ1) is 11.4. The smallest absolute Gasteiger partial charge is 0.261 e. The molecule has 1 atom stereocenters. The molecule has 84 valence electrons. The van der Waals surface area contributed by atoms with E-state index in [4.69, 9.17) is 0 Å². The van der Waals surface area contributed by atoms with Crippen LogP contribution in [0.5, 0.6) is 0 Å². The van der Waals surface area contributed by atoms with Crippen LogP contribution < -0.4 is 5.32 Å². The number of carbonyl (C=O) groups is 1. The molecule has 1 N–H and O–H groups in total. The first-order valence-electron chi connectivity index (χ1n) is 5.07. The zero-order valence-electron chi connectivity index (χ0n) is 9.19. The van der Waals surface area contributed by atoms with Crippen molar-refractivity contribution < 1.29 is 4.79 Å². The van der Waals surface area contributed by atoms with Crippen LogP contribution in [0.25, 0.3) is 0 Å². The fourth-order valence-corrected chi connectivity index (χ4v) is 2.94. The third-order valence-electron chi connectivity index (χ3n) is 2.28. The van der Waals surface area contributed by atoms with Gasteiger partial charge < -0.3 is 5.32 Å². The maximum Gasteiger partial charge on any atom is 0.261 e. The molecule has 2 nitrogen and oxygen atoms in total. The molecule has 0 spiro atoms. The van der Waals surface area contributed by atoms with Gasteiger partial charge in [-0.2, -0.15) is 0 Å². The maximum atomic E-state index is 11.8. The van der Waals surface area contributed by atoms with Crippen LogP contribution in [0.1, 0.15) is 32.4 Å². The molecule has 0 radical (unpaired) electrons. The maximum absolute atomic E-state index is 11.8. The van der Waals surface area contributed by atoms with Gasteiger partial charge in [0, 0.05) is 9.75 Å². The molecule has 2 aromatic heterocycles. The second-order valence-electron chi connectivity index (χ2n) is 3.62. The van der Waals surface area contributed by atoms with Crippen LogP contribution in [0.2, 0.25) is 0 Å². The molecule has 0 bridgehead atoms. The van der Waals surface area contributed by atoms with Gasteiger partial charge in [-0.3, -0.25) is 4.79 Å². The van der Waals surface area contributed by atoms with Gasteiger partial charge in [0.2, 0.25) is 0 Å². The molecule has 2 heterocycles. The first-order chi connectivity index (χ1) is 7.66. The fourth-order valence-electron chi connectivity index (χ4n) is 1.43. The lowest BCUT2D eigenvalue weighted by Crippen LogP contribution is -2.25. The Kier molecular flexibility index (Phi) is 3.41. The van der Waals surface area contributed by atoms with Crippen molar-refractivity contribution in [2.75, 3.05) is 0 Å². The van der Waals surface area contributed by atoms with Crippen molar-refractivity contribution in [1.82, 2.24) is 5.32 Å². The molecular formula is C12H13NOS2. The van der Waals surface area contributed by atoms with E-state index in [2.05, 4.69) is 24.4 Å². The topological polar surface area (TPSA) is 29.1 Å². The summed E-state index contributed by atoms with van der Waals surface area (Å²) in [6.45, 7) is 4.08. The van der Waals surface area contributed by atoms with E-state index in [1.165, 1.54) is 21.1 Å². The molecule has 0 saturated heterocycles. The molecule has 2 rings (SSSR count). The minimum Gasteiger partial charge on any atom is -0.344 e. The van der Waals surface area contributed by atoms with Crippen LogP contribution in [-0.2, 0) is 0 Å². The lowest BCUT2D eigenvalue weighted by atomic mass is 10.2. The van der Waals surface area contributed by atoms with E-state index in [9.17, 15) is 4.79 Å². The van der Waals surface area contributed by atoms with Gasteiger partial charge in [0.05, 0.1) is 10.9 Å². The Labute approximate surface area is 103 Å². The molecule has 0 fully saturated rings. The van der Waals surface area contributed by atoms with Gasteiger partial charge in [0.15, 0.2) is 0 Å². The Morgan fingerprint density at radius 1 is 1.38 bits per heavy atom. The number of aryl methyl sites for hydroxylation is 1. The van der Waals surface area contributed by atoms with E-state index in [0.29, 0.717) is 0 Å². The fraction of sp³-hybridized carbons (Fsp3) is 0.250. The number of hydrogen-bond acceptors (Lipinski definition) is 3. The van der Waals surface area contributed by atoms with Gasteiger partial charge in [-0.1, -0.05) is 6.07 Å². The van der Waals surface area contributed by atoms with Crippen LogP contribution in [0.15, 0.2) is 29.6 Å². The summed E-state index contributed by atoms with van der Waals surface area (Å²) in [5.41, 5.74) is 0. The van der Waals surface area contributed by atoms with E-state index >= 15 is 0 Å². The zero-order valence-corrected chi connectivity index (χ0v) is 10.8. The average molecular weight is 251 g/mol. The number of nitrogens with one attached hydrogen (secondary N) is 1. The summed E-state index contributed by atoms with van der Waals surface area (Å²) in [6, 6.07) is 7.95. The standard InChI is InChI=1S/C12H13NOS2/c1-8-5-6-10(16-8)9(2)13-12(14)11-4-3-7-15-11/h3-7,9H,1-2H3,(H,13,14). The molecule has 0 aliphatic heterocycles. The molecule has 1 unspecified atom stereocenters. The van der Waals surface area contributed by atoms with Gasteiger partial charge >= 0.3 is 0 Å². The summed E-state index contributed by atoms with van der Waals surface area (Å²) in [4.78, 5) is 15.0. The van der Waals surface area contributed by atoms with Crippen LogP contribution in [-0.4, -0.2) is 5.91 Å². The second kappa shape index (κ2) is 4.80. The minimum atomic E-state index is 0.00792. The number of hydrogen-bond donors (Lipinski definition) is 1. The Hall–Kier alpha value is -1.13. The van der Waals surface area contributed by atoms with E-state index in [-0.39, 0.29) is 11.9 Å². The van der Waals surface area contributed by atoms with Crippen molar-refractivity contribution in [2.24, 2.45) is 0 Å². The predicted octanol–water partition coefficient (Wildman–Crippen LogP) is 3.61. The third-order valence-corrected chi connectivity index (χ3v) is 4.33. The molecular weight excluding hydrogens is 238 g/mol. The summed E-state index contributed by atoms with van der Waals surface area (Å²) in [6.07, 6.45) is 0. The van der Waals surface area contributed by atoms with Crippen molar-refractivity contribution in [3.63, 3.8) is 0 Å². The van der Waals surface area contributed by atoms with Gasteiger partial charge in [-0.15, -0.1) is 22.7 Å². The van der Waals surface area contributed by atoms with Gasteiger partial charge in [-0.25, -0.2) is 0 Å². The quantitative estimate of drug-likeness (QED) is 0.887. The monoisotopic (exact) mass is 251 g/mol. The van der Waals surface area contributed by atoms with Crippen LogP contribution in [0, 0.1) is 6.92 Å². The molecule has 2 aromatic rings. The Bertz CT molecular complexity index is 473. The van der Waals surface area contributed by atoms with Gasteiger partial charge in [0.1, 0.15) is 0 Å². The van der Waals surface area contributed by atoms with E-state index < -0.39 is 0 Å².